The largest absolute Gasteiger partial charge is 0.322 e. The summed E-state index contributed by atoms with van der Waals surface area (Å²) in [4.78, 5) is 32.2. The summed E-state index contributed by atoms with van der Waals surface area (Å²) in [5.41, 5.74) is 6.49. The van der Waals surface area contributed by atoms with Crippen molar-refractivity contribution in [3.63, 3.8) is 0 Å². The summed E-state index contributed by atoms with van der Waals surface area (Å²) in [5.74, 6) is -0.123. The molecule has 0 spiro atoms. The monoisotopic (exact) mass is 466 g/mol. The first-order valence-corrected chi connectivity index (χ1v) is 12.0. The standard InChI is InChI=1S/C29H30N4O2/c1-20-3-10-25(18-26(20)23-8-11-27-24(17-23)9-12-28(34)31-27)30-29(35)22-6-4-21(5-7-22)19-33-15-13-32(2)14-16-33/h3-12,17-18H,13-16,19H2,1-2H3,(H,30,35)(H,31,34). The number of aromatic nitrogens is 1. The van der Waals surface area contributed by atoms with Crippen LogP contribution in [0.1, 0.15) is 21.5 Å². The zero-order valence-corrected chi connectivity index (χ0v) is 20.2. The van der Waals surface area contributed by atoms with Crippen molar-refractivity contribution < 1.29 is 4.79 Å². The fraction of sp³-hybridized carbons (Fsp3) is 0.241. The molecule has 6 nitrogen and oxygen atoms in total. The number of H-pyrrole nitrogens is 1. The predicted molar refractivity (Wildman–Crippen MR) is 142 cm³/mol. The van der Waals surface area contributed by atoms with Crippen LogP contribution in [-0.2, 0) is 6.54 Å². The Hall–Kier alpha value is -3.74. The van der Waals surface area contributed by atoms with E-state index in [2.05, 4.69) is 40.1 Å². The molecule has 0 radical (unpaired) electrons. The van der Waals surface area contributed by atoms with Crippen molar-refractivity contribution in [1.82, 2.24) is 14.8 Å². The summed E-state index contributed by atoms with van der Waals surface area (Å²) >= 11 is 0. The van der Waals surface area contributed by atoms with Crippen molar-refractivity contribution >= 4 is 22.5 Å². The third-order valence-corrected chi connectivity index (χ3v) is 6.75. The molecule has 1 aliphatic rings. The van der Waals surface area contributed by atoms with Crippen molar-refractivity contribution in [2.45, 2.75) is 13.5 Å². The summed E-state index contributed by atoms with van der Waals surface area (Å²) in [7, 11) is 2.16. The van der Waals surface area contributed by atoms with Gasteiger partial charge in [-0.15, -0.1) is 0 Å². The fourth-order valence-electron chi connectivity index (χ4n) is 4.56. The number of likely N-dealkylation sites (N-methyl/N-ethyl adjacent to an activating group) is 1. The van der Waals surface area contributed by atoms with Crippen LogP contribution in [0.3, 0.4) is 0 Å². The number of nitrogens with zero attached hydrogens (tertiary/aromatic N) is 2. The van der Waals surface area contributed by atoms with Crippen LogP contribution < -0.4 is 10.9 Å². The molecular formula is C29H30N4O2. The lowest BCUT2D eigenvalue weighted by atomic mass is 9.98. The van der Waals surface area contributed by atoms with Gasteiger partial charge in [-0.3, -0.25) is 14.5 Å². The molecule has 0 atom stereocenters. The number of hydrogen-bond acceptors (Lipinski definition) is 4. The van der Waals surface area contributed by atoms with Crippen molar-refractivity contribution in [1.29, 1.82) is 0 Å². The summed E-state index contributed by atoms with van der Waals surface area (Å²) in [6.07, 6.45) is 0. The number of rotatable bonds is 5. The van der Waals surface area contributed by atoms with Gasteiger partial charge in [0, 0.05) is 55.6 Å². The summed E-state index contributed by atoms with van der Waals surface area (Å²) in [6.45, 7) is 7.30. The van der Waals surface area contributed by atoms with E-state index in [4.69, 9.17) is 0 Å². The lowest BCUT2D eigenvalue weighted by molar-refractivity contribution is 0.102. The average molecular weight is 467 g/mol. The van der Waals surface area contributed by atoms with Crippen molar-refractivity contribution in [3.05, 3.63) is 99.8 Å². The van der Waals surface area contributed by atoms with Crippen LogP contribution in [0, 0.1) is 6.92 Å². The molecule has 178 valence electrons. The minimum absolute atomic E-state index is 0.112. The number of aromatic amines is 1. The van der Waals surface area contributed by atoms with E-state index in [9.17, 15) is 9.59 Å². The first kappa shape index (κ1) is 23.0. The molecule has 2 N–H and O–H groups in total. The van der Waals surface area contributed by atoms with Crippen LogP contribution >= 0.6 is 0 Å². The Morgan fingerprint density at radius 3 is 2.46 bits per heavy atom. The molecule has 1 amide bonds. The Bertz CT molecular complexity index is 1420. The number of anilines is 1. The number of hydrogen-bond donors (Lipinski definition) is 2. The van der Waals surface area contributed by atoms with Crippen LogP contribution in [0.15, 0.2) is 77.6 Å². The maximum absolute atomic E-state index is 12.9. The zero-order chi connectivity index (χ0) is 24.4. The molecule has 1 aromatic heterocycles. The number of pyridine rings is 1. The van der Waals surface area contributed by atoms with Gasteiger partial charge in [-0.25, -0.2) is 0 Å². The fourth-order valence-corrected chi connectivity index (χ4v) is 4.56. The number of aryl methyl sites for hydroxylation is 1. The number of benzene rings is 3. The van der Waals surface area contributed by atoms with Gasteiger partial charge < -0.3 is 15.2 Å². The van der Waals surface area contributed by atoms with E-state index in [1.807, 2.05) is 60.7 Å². The Morgan fingerprint density at radius 2 is 1.69 bits per heavy atom. The molecule has 35 heavy (non-hydrogen) atoms. The third-order valence-electron chi connectivity index (χ3n) is 6.75. The Labute approximate surface area is 205 Å². The maximum Gasteiger partial charge on any atom is 0.255 e. The highest BCUT2D eigenvalue weighted by atomic mass is 16.1. The molecule has 2 heterocycles. The number of nitrogens with one attached hydrogen (secondary N) is 2. The molecule has 0 unspecified atom stereocenters. The van der Waals surface area contributed by atoms with E-state index in [0.29, 0.717) is 5.56 Å². The van der Waals surface area contributed by atoms with Crippen molar-refractivity contribution in [2.24, 2.45) is 0 Å². The molecule has 0 aliphatic carbocycles. The van der Waals surface area contributed by atoms with Crippen molar-refractivity contribution in [2.75, 3.05) is 38.5 Å². The van der Waals surface area contributed by atoms with E-state index in [0.717, 1.165) is 66.0 Å². The second-order valence-electron chi connectivity index (χ2n) is 9.38. The van der Waals surface area contributed by atoms with Crippen molar-refractivity contribution in [3.8, 4) is 11.1 Å². The van der Waals surface area contributed by atoms with Gasteiger partial charge >= 0.3 is 0 Å². The Morgan fingerprint density at radius 1 is 0.914 bits per heavy atom. The van der Waals surface area contributed by atoms with Crippen LogP contribution in [0.2, 0.25) is 0 Å². The minimum atomic E-state index is -0.123. The van der Waals surface area contributed by atoms with Gasteiger partial charge in [0.1, 0.15) is 0 Å². The molecule has 3 aromatic carbocycles. The molecule has 6 heteroatoms. The maximum atomic E-state index is 12.9. The highest BCUT2D eigenvalue weighted by molar-refractivity contribution is 6.04. The highest BCUT2D eigenvalue weighted by Crippen LogP contribution is 2.29. The lowest BCUT2D eigenvalue weighted by Gasteiger charge is -2.32. The summed E-state index contributed by atoms with van der Waals surface area (Å²) in [5, 5.41) is 4.01. The quantitative estimate of drug-likeness (QED) is 0.454. The van der Waals surface area contributed by atoms with E-state index >= 15 is 0 Å². The van der Waals surface area contributed by atoms with E-state index < -0.39 is 0 Å². The molecule has 5 rings (SSSR count). The van der Waals surface area contributed by atoms with Gasteiger partial charge in [0.05, 0.1) is 0 Å². The number of piperazine rings is 1. The second kappa shape index (κ2) is 9.86. The molecule has 0 bridgehead atoms. The molecular weight excluding hydrogens is 436 g/mol. The molecule has 1 aliphatic heterocycles. The highest BCUT2D eigenvalue weighted by Gasteiger charge is 2.14. The molecule has 1 saturated heterocycles. The first-order chi connectivity index (χ1) is 16.9. The normalized spacial score (nSPS) is 14.8. The minimum Gasteiger partial charge on any atom is -0.322 e. The van der Waals surface area contributed by atoms with Gasteiger partial charge in [0.25, 0.3) is 5.91 Å². The van der Waals surface area contributed by atoms with E-state index in [-0.39, 0.29) is 11.5 Å². The van der Waals surface area contributed by atoms with Crippen LogP contribution in [0.4, 0.5) is 5.69 Å². The smallest absolute Gasteiger partial charge is 0.255 e. The number of amides is 1. The second-order valence-corrected chi connectivity index (χ2v) is 9.38. The van der Waals surface area contributed by atoms with Crippen LogP contribution in [0.25, 0.3) is 22.0 Å². The number of fused-ring (bicyclic) bond motifs is 1. The Kier molecular flexibility index (Phi) is 6.49. The number of carbonyl (C=O) groups is 1. The van der Waals surface area contributed by atoms with E-state index in [1.54, 1.807) is 0 Å². The number of carbonyl (C=O) groups excluding carboxylic acids is 1. The van der Waals surface area contributed by atoms with E-state index in [1.165, 1.54) is 11.6 Å². The molecule has 4 aromatic rings. The zero-order valence-electron chi connectivity index (χ0n) is 20.2. The van der Waals surface area contributed by atoms with Gasteiger partial charge in [0.2, 0.25) is 5.56 Å². The lowest BCUT2D eigenvalue weighted by Crippen LogP contribution is -2.43. The average Bonchev–Trinajstić information content (AvgIpc) is 2.86. The SMILES string of the molecule is Cc1ccc(NC(=O)c2ccc(CN3CCN(C)CC3)cc2)cc1-c1ccc2[nH]c(=O)ccc2c1. The van der Waals surface area contributed by atoms with Gasteiger partial charge in [0.15, 0.2) is 0 Å². The molecule has 0 saturated carbocycles. The van der Waals surface area contributed by atoms with Gasteiger partial charge in [-0.2, -0.15) is 0 Å². The summed E-state index contributed by atoms with van der Waals surface area (Å²) in [6, 6.07) is 23.2. The van der Waals surface area contributed by atoms with Crippen LogP contribution in [0.5, 0.6) is 0 Å². The topological polar surface area (TPSA) is 68.4 Å². The van der Waals surface area contributed by atoms with Crippen LogP contribution in [-0.4, -0.2) is 53.9 Å². The van der Waals surface area contributed by atoms with Gasteiger partial charge in [-0.05, 0) is 84.1 Å². The molecule has 1 fully saturated rings. The summed E-state index contributed by atoms with van der Waals surface area (Å²) < 4.78 is 0. The third kappa shape index (κ3) is 5.34. The Balaban J connectivity index is 1.30. The predicted octanol–water partition coefficient (Wildman–Crippen LogP) is 4.50. The van der Waals surface area contributed by atoms with Gasteiger partial charge in [-0.1, -0.05) is 24.3 Å². The first-order valence-electron chi connectivity index (χ1n) is 12.0.